The van der Waals surface area contributed by atoms with Gasteiger partial charge in [0.1, 0.15) is 5.82 Å². The molecule has 0 aromatic heterocycles. The third-order valence-corrected chi connectivity index (χ3v) is 3.28. The first-order chi connectivity index (χ1) is 8.65. The van der Waals surface area contributed by atoms with Gasteiger partial charge in [-0.25, -0.2) is 4.39 Å². The fourth-order valence-corrected chi connectivity index (χ4v) is 2.30. The number of hydrogen-bond acceptors (Lipinski definition) is 2. The monoisotopic (exact) mass is 250 g/mol. The summed E-state index contributed by atoms with van der Waals surface area (Å²) in [6.45, 7) is 4.08. The molecule has 1 aromatic carbocycles. The van der Waals surface area contributed by atoms with E-state index in [1.54, 1.807) is 12.1 Å². The van der Waals surface area contributed by atoms with Crippen LogP contribution in [-0.2, 0) is 4.79 Å². The van der Waals surface area contributed by atoms with Crippen molar-refractivity contribution >= 4 is 11.6 Å². The van der Waals surface area contributed by atoms with E-state index in [4.69, 9.17) is 0 Å². The first kappa shape index (κ1) is 12.9. The zero-order valence-corrected chi connectivity index (χ0v) is 10.7. The van der Waals surface area contributed by atoms with Crippen LogP contribution in [0.5, 0.6) is 0 Å². The summed E-state index contributed by atoms with van der Waals surface area (Å²) in [6, 6.07) is 6.17. The Balaban J connectivity index is 1.84. The highest BCUT2D eigenvalue weighted by atomic mass is 19.1. The summed E-state index contributed by atoms with van der Waals surface area (Å²) in [4.78, 5) is 13.9. The van der Waals surface area contributed by atoms with Crippen LogP contribution in [0.15, 0.2) is 24.3 Å². The Bertz CT molecular complexity index is 422. The molecule has 0 bridgehead atoms. The molecule has 1 aromatic rings. The number of anilines is 1. The molecule has 1 unspecified atom stereocenters. The molecule has 0 aliphatic carbocycles. The second-order valence-corrected chi connectivity index (χ2v) is 4.95. The highest BCUT2D eigenvalue weighted by molar-refractivity contribution is 5.80. The van der Waals surface area contributed by atoms with E-state index in [-0.39, 0.29) is 18.3 Å². The third kappa shape index (κ3) is 3.45. The summed E-state index contributed by atoms with van der Waals surface area (Å²) < 4.78 is 13.0. The fourth-order valence-electron chi connectivity index (χ4n) is 2.30. The molecule has 0 saturated carbocycles. The number of nitrogens with one attached hydrogen (secondary N) is 1. The lowest BCUT2D eigenvalue weighted by Gasteiger charge is -2.31. The minimum Gasteiger partial charge on any atom is -0.376 e. The minimum atomic E-state index is -0.293. The molecule has 98 valence electrons. The zero-order chi connectivity index (χ0) is 13.0. The van der Waals surface area contributed by atoms with Gasteiger partial charge in [0, 0.05) is 18.8 Å². The van der Waals surface area contributed by atoms with Crippen molar-refractivity contribution in [3.05, 3.63) is 30.1 Å². The van der Waals surface area contributed by atoms with Gasteiger partial charge >= 0.3 is 0 Å². The van der Waals surface area contributed by atoms with Crippen LogP contribution in [-0.4, -0.2) is 30.4 Å². The lowest BCUT2D eigenvalue weighted by molar-refractivity contribution is -0.130. The van der Waals surface area contributed by atoms with Gasteiger partial charge in [0.2, 0.25) is 5.91 Å². The van der Waals surface area contributed by atoms with Gasteiger partial charge < -0.3 is 10.2 Å². The Labute approximate surface area is 107 Å². The average molecular weight is 250 g/mol. The van der Waals surface area contributed by atoms with Crippen LogP contribution < -0.4 is 5.32 Å². The van der Waals surface area contributed by atoms with Gasteiger partial charge in [-0.1, -0.05) is 13.0 Å². The van der Waals surface area contributed by atoms with Crippen molar-refractivity contribution in [3.63, 3.8) is 0 Å². The number of piperidine rings is 1. The van der Waals surface area contributed by atoms with Gasteiger partial charge in [0.15, 0.2) is 0 Å². The van der Waals surface area contributed by atoms with Crippen molar-refractivity contribution in [2.75, 3.05) is 25.0 Å². The summed E-state index contributed by atoms with van der Waals surface area (Å²) >= 11 is 0. The molecule has 1 amide bonds. The first-order valence-corrected chi connectivity index (χ1v) is 6.42. The Morgan fingerprint density at radius 3 is 3.11 bits per heavy atom. The summed E-state index contributed by atoms with van der Waals surface area (Å²) in [7, 11) is 0. The maximum absolute atomic E-state index is 13.0. The normalized spacial score (nSPS) is 19.7. The van der Waals surface area contributed by atoms with E-state index in [9.17, 15) is 9.18 Å². The van der Waals surface area contributed by atoms with Gasteiger partial charge in [-0.15, -0.1) is 0 Å². The third-order valence-electron chi connectivity index (χ3n) is 3.28. The molecule has 4 heteroatoms. The average Bonchev–Trinajstić information content (AvgIpc) is 2.36. The Morgan fingerprint density at radius 1 is 1.56 bits per heavy atom. The molecular formula is C14H19FN2O. The first-order valence-electron chi connectivity index (χ1n) is 6.42. The van der Waals surface area contributed by atoms with Crippen LogP contribution in [0.2, 0.25) is 0 Å². The van der Waals surface area contributed by atoms with Gasteiger partial charge in [0.05, 0.1) is 6.54 Å². The minimum absolute atomic E-state index is 0.0887. The van der Waals surface area contributed by atoms with E-state index in [0.29, 0.717) is 11.6 Å². The van der Waals surface area contributed by atoms with E-state index in [2.05, 4.69) is 12.2 Å². The highest BCUT2D eigenvalue weighted by Crippen LogP contribution is 2.15. The van der Waals surface area contributed by atoms with E-state index in [1.165, 1.54) is 18.6 Å². The summed E-state index contributed by atoms with van der Waals surface area (Å²) in [5.74, 6) is 0.377. The molecule has 1 aliphatic heterocycles. The van der Waals surface area contributed by atoms with Crippen molar-refractivity contribution in [3.8, 4) is 0 Å². The van der Waals surface area contributed by atoms with Crippen LogP contribution in [0.25, 0.3) is 0 Å². The smallest absolute Gasteiger partial charge is 0.241 e. The number of nitrogens with zero attached hydrogens (tertiary/aromatic N) is 1. The number of carbonyl (C=O) groups excluding carboxylic acids is 1. The molecule has 1 fully saturated rings. The van der Waals surface area contributed by atoms with E-state index < -0.39 is 0 Å². The van der Waals surface area contributed by atoms with Gasteiger partial charge in [-0.2, -0.15) is 0 Å². The maximum Gasteiger partial charge on any atom is 0.241 e. The van der Waals surface area contributed by atoms with Crippen molar-refractivity contribution in [1.82, 2.24) is 4.90 Å². The number of halogens is 1. The van der Waals surface area contributed by atoms with Gasteiger partial charge in [-0.05, 0) is 37.0 Å². The summed E-state index contributed by atoms with van der Waals surface area (Å²) in [6.07, 6.45) is 2.27. The lowest BCUT2D eigenvalue weighted by atomic mass is 10.0. The van der Waals surface area contributed by atoms with Crippen molar-refractivity contribution in [2.24, 2.45) is 5.92 Å². The van der Waals surface area contributed by atoms with E-state index in [0.717, 1.165) is 19.5 Å². The largest absolute Gasteiger partial charge is 0.376 e. The zero-order valence-electron chi connectivity index (χ0n) is 10.7. The molecule has 1 atom stereocenters. The predicted molar refractivity (Wildman–Crippen MR) is 69.9 cm³/mol. The standard InChI is InChI=1S/C14H19FN2O/c1-11-4-3-7-17(10-11)14(18)9-16-13-6-2-5-12(15)8-13/h2,5-6,8,11,16H,3-4,7,9-10H2,1H3. The number of carbonyl (C=O) groups is 1. The predicted octanol–water partition coefficient (Wildman–Crippen LogP) is 2.50. The van der Waals surface area contributed by atoms with Crippen molar-refractivity contribution in [2.45, 2.75) is 19.8 Å². The van der Waals surface area contributed by atoms with Gasteiger partial charge in [0.25, 0.3) is 0 Å². The van der Waals surface area contributed by atoms with E-state index >= 15 is 0 Å². The number of benzene rings is 1. The molecule has 2 rings (SSSR count). The topological polar surface area (TPSA) is 32.3 Å². The van der Waals surface area contributed by atoms with Crippen molar-refractivity contribution < 1.29 is 9.18 Å². The number of likely N-dealkylation sites (tertiary alicyclic amines) is 1. The second kappa shape index (κ2) is 5.85. The van der Waals surface area contributed by atoms with Gasteiger partial charge in [-0.3, -0.25) is 4.79 Å². The molecular weight excluding hydrogens is 231 g/mol. The fraction of sp³-hybridized carbons (Fsp3) is 0.500. The number of amides is 1. The summed E-state index contributed by atoms with van der Waals surface area (Å²) in [5, 5.41) is 2.97. The molecule has 18 heavy (non-hydrogen) atoms. The van der Waals surface area contributed by atoms with Crippen molar-refractivity contribution in [1.29, 1.82) is 0 Å². The lowest BCUT2D eigenvalue weighted by Crippen LogP contribution is -2.41. The maximum atomic E-state index is 13.0. The molecule has 0 spiro atoms. The summed E-state index contributed by atoms with van der Waals surface area (Å²) in [5.41, 5.74) is 0.647. The number of rotatable bonds is 3. The quantitative estimate of drug-likeness (QED) is 0.894. The van der Waals surface area contributed by atoms with Crippen LogP contribution in [0, 0.1) is 11.7 Å². The van der Waals surface area contributed by atoms with Crippen LogP contribution in [0.3, 0.4) is 0 Å². The number of hydrogen-bond donors (Lipinski definition) is 1. The highest BCUT2D eigenvalue weighted by Gasteiger charge is 2.20. The van der Waals surface area contributed by atoms with Crippen LogP contribution in [0.4, 0.5) is 10.1 Å². The SMILES string of the molecule is CC1CCCN(C(=O)CNc2cccc(F)c2)C1. The molecule has 1 heterocycles. The molecule has 1 saturated heterocycles. The Morgan fingerprint density at radius 2 is 2.39 bits per heavy atom. The van der Waals surface area contributed by atoms with E-state index in [1.807, 2.05) is 4.90 Å². The Hall–Kier alpha value is -1.58. The van der Waals surface area contributed by atoms with Crippen LogP contribution >= 0.6 is 0 Å². The molecule has 1 aliphatic rings. The Kier molecular flexibility index (Phi) is 4.18. The molecule has 0 radical (unpaired) electrons. The molecule has 1 N–H and O–H groups in total. The van der Waals surface area contributed by atoms with Crippen LogP contribution in [0.1, 0.15) is 19.8 Å². The molecule has 3 nitrogen and oxygen atoms in total. The second-order valence-electron chi connectivity index (χ2n) is 4.95.